The van der Waals surface area contributed by atoms with E-state index in [9.17, 15) is 4.79 Å². The molecule has 128 valence electrons. The van der Waals surface area contributed by atoms with Crippen molar-refractivity contribution in [2.24, 2.45) is 0 Å². The molecule has 0 atom stereocenters. The Morgan fingerprint density at radius 2 is 1.62 bits per heavy atom. The van der Waals surface area contributed by atoms with Crippen molar-refractivity contribution in [3.05, 3.63) is 52.5 Å². The van der Waals surface area contributed by atoms with Gasteiger partial charge in [-0.05, 0) is 42.3 Å². The Kier molecular flexibility index (Phi) is 6.32. The number of hydrogen-bond acceptors (Lipinski definition) is 4. The topological polar surface area (TPSA) is 56.8 Å². The van der Waals surface area contributed by atoms with Gasteiger partial charge in [-0.1, -0.05) is 17.7 Å². The molecule has 0 heterocycles. The van der Waals surface area contributed by atoms with Crippen LogP contribution in [-0.2, 0) is 6.42 Å². The Morgan fingerprint density at radius 1 is 0.958 bits per heavy atom. The molecule has 0 aromatic heterocycles. The maximum atomic E-state index is 12.2. The van der Waals surface area contributed by atoms with Gasteiger partial charge in [0.15, 0.2) is 11.5 Å². The molecule has 1 amide bonds. The van der Waals surface area contributed by atoms with Crippen LogP contribution in [0.3, 0.4) is 0 Å². The third-order valence-corrected chi connectivity index (χ3v) is 3.86. The average molecular weight is 350 g/mol. The molecule has 2 aromatic carbocycles. The summed E-state index contributed by atoms with van der Waals surface area (Å²) in [6, 6.07) is 10.6. The lowest BCUT2D eigenvalue weighted by molar-refractivity contribution is 0.0953. The van der Waals surface area contributed by atoms with Crippen LogP contribution in [0.4, 0.5) is 0 Å². The third-order valence-electron chi connectivity index (χ3n) is 3.56. The largest absolute Gasteiger partial charge is 0.495 e. The van der Waals surface area contributed by atoms with Crippen molar-refractivity contribution in [2.75, 3.05) is 27.9 Å². The van der Waals surface area contributed by atoms with Gasteiger partial charge in [-0.3, -0.25) is 4.79 Å². The fraction of sp³-hybridized carbons (Fsp3) is 0.278. The summed E-state index contributed by atoms with van der Waals surface area (Å²) in [5, 5.41) is 3.43. The summed E-state index contributed by atoms with van der Waals surface area (Å²) in [6.07, 6.45) is 0.669. The second kappa shape index (κ2) is 8.45. The van der Waals surface area contributed by atoms with Gasteiger partial charge < -0.3 is 19.5 Å². The highest BCUT2D eigenvalue weighted by Gasteiger charge is 2.10. The van der Waals surface area contributed by atoms with E-state index in [2.05, 4.69) is 5.32 Å². The van der Waals surface area contributed by atoms with E-state index < -0.39 is 0 Å². The Balaban J connectivity index is 1.95. The monoisotopic (exact) mass is 349 g/mol. The maximum absolute atomic E-state index is 12.2. The Hall–Kier alpha value is -2.40. The van der Waals surface area contributed by atoms with Gasteiger partial charge in [-0.15, -0.1) is 0 Å². The van der Waals surface area contributed by atoms with Crippen LogP contribution in [0.15, 0.2) is 36.4 Å². The number of carbonyl (C=O) groups excluding carboxylic acids is 1. The van der Waals surface area contributed by atoms with Crippen molar-refractivity contribution in [3.8, 4) is 17.2 Å². The molecule has 0 radical (unpaired) electrons. The van der Waals surface area contributed by atoms with E-state index in [-0.39, 0.29) is 5.91 Å². The fourth-order valence-corrected chi connectivity index (χ4v) is 2.55. The molecule has 0 aliphatic heterocycles. The van der Waals surface area contributed by atoms with Gasteiger partial charge in [0.2, 0.25) is 0 Å². The van der Waals surface area contributed by atoms with E-state index in [0.29, 0.717) is 40.8 Å². The summed E-state index contributed by atoms with van der Waals surface area (Å²) in [5.41, 5.74) is 1.54. The third kappa shape index (κ3) is 4.32. The molecule has 0 spiro atoms. The average Bonchev–Trinajstić information content (AvgIpc) is 2.61. The van der Waals surface area contributed by atoms with Gasteiger partial charge in [0.05, 0.1) is 26.4 Å². The SMILES string of the molecule is COc1ccc(CCNC(=O)c2ccc(OC)c(OC)c2)cc1Cl. The van der Waals surface area contributed by atoms with Crippen LogP contribution in [0.1, 0.15) is 15.9 Å². The fourth-order valence-electron chi connectivity index (χ4n) is 2.27. The molecule has 2 rings (SSSR count). The second-order valence-electron chi connectivity index (χ2n) is 5.04. The summed E-state index contributed by atoms with van der Waals surface area (Å²) in [7, 11) is 4.66. The highest BCUT2D eigenvalue weighted by atomic mass is 35.5. The molecule has 0 aliphatic carbocycles. The first-order chi connectivity index (χ1) is 11.6. The number of amides is 1. The van der Waals surface area contributed by atoms with E-state index in [0.717, 1.165) is 5.56 Å². The summed E-state index contributed by atoms with van der Waals surface area (Å²) < 4.78 is 15.5. The molecule has 1 N–H and O–H groups in total. The van der Waals surface area contributed by atoms with Crippen LogP contribution in [0.25, 0.3) is 0 Å². The molecule has 0 unspecified atom stereocenters. The smallest absolute Gasteiger partial charge is 0.251 e. The van der Waals surface area contributed by atoms with Gasteiger partial charge >= 0.3 is 0 Å². The van der Waals surface area contributed by atoms with E-state index in [4.69, 9.17) is 25.8 Å². The van der Waals surface area contributed by atoms with Crippen LogP contribution in [0.2, 0.25) is 5.02 Å². The number of nitrogens with one attached hydrogen (secondary N) is 1. The molecule has 6 heteroatoms. The highest BCUT2D eigenvalue weighted by molar-refractivity contribution is 6.32. The molecule has 0 saturated heterocycles. The molecule has 0 bridgehead atoms. The summed E-state index contributed by atoms with van der Waals surface area (Å²) >= 11 is 6.09. The molecular weight excluding hydrogens is 330 g/mol. The van der Waals surface area contributed by atoms with Crippen molar-refractivity contribution in [1.29, 1.82) is 0 Å². The quantitative estimate of drug-likeness (QED) is 0.833. The van der Waals surface area contributed by atoms with E-state index in [1.54, 1.807) is 32.4 Å². The van der Waals surface area contributed by atoms with Crippen LogP contribution < -0.4 is 19.5 Å². The van der Waals surface area contributed by atoms with Crippen molar-refractivity contribution < 1.29 is 19.0 Å². The maximum Gasteiger partial charge on any atom is 0.251 e. The number of benzene rings is 2. The van der Waals surface area contributed by atoms with Crippen LogP contribution >= 0.6 is 11.6 Å². The van der Waals surface area contributed by atoms with Crippen molar-refractivity contribution in [2.45, 2.75) is 6.42 Å². The molecule has 0 aliphatic rings. The minimum atomic E-state index is -0.171. The first-order valence-corrected chi connectivity index (χ1v) is 7.79. The zero-order valence-corrected chi connectivity index (χ0v) is 14.6. The number of halogens is 1. The first-order valence-electron chi connectivity index (χ1n) is 7.41. The van der Waals surface area contributed by atoms with Crippen molar-refractivity contribution in [3.63, 3.8) is 0 Å². The number of rotatable bonds is 7. The summed E-state index contributed by atoms with van der Waals surface area (Å²) in [5.74, 6) is 1.57. The second-order valence-corrected chi connectivity index (χ2v) is 5.45. The number of hydrogen-bond donors (Lipinski definition) is 1. The Morgan fingerprint density at radius 3 is 2.25 bits per heavy atom. The van der Waals surface area contributed by atoms with Gasteiger partial charge in [0, 0.05) is 12.1 Å². The zero-order valence-electron chi connectivity index (χ0n) is 13.9. The van der Waals surface area contributed by atoms with E-state index in [1.165, 1.54) is 7.11 Å². The van der Waals surface area contributed by atoms with Gasteiger partial charge in [-0.25, -0.2) is 0 Å². The van der Waals surface area contributed by atoms with Crippen LogP contribution in [0, 0.1) is 0 Å². The first kappa shape index (κ1) is 17.9. The number of ether oxygens (including phenoxy) is 3. The van der Waals surface area contributed by atoms with E-state index >= 15 is 0 Å². The van der Waals surface area contributed by atoms with Crippen molar-refractivity contribution in [1.82, 2.24) is 5.32 Å². The molecule has 0 saturated carbocycles. The van der Waals surface area contributed by atoms with Gasteiger partial charge in [0.1, 0.15) is 5.75 Å². The zero-order chi connectivity index (χ0) is 17.5. The molecule has 24 heavy (non-hydrogen) atoms. The van der Waals surface area contributed by atoms with Gasteiger partial charge in [0.25, 0.3) is 5.91 Å². The lowest BCUT2D eigenvalue weighted by atomic mass is 10.1. The van der Waals surface area contributed by atoms with Gasteiger partial charge in [-0.2, -0.15) is 0 Å². The summed E-state index contributed by atoms with van der Waals surface area (Å²) in [6.45, 7) is 0.496. The minimum Gasteiger partial charge on any atom is -0.495 e. The Bertz CT molecular complexity index is 718. The number of carbonyl (C=O) groups is 1. The molecule has 0 fully saturated rings. The predicted octanol–water partition coefficient (Wildman–Crippen LogP) is 3.34. The van der Waals surface area contributed by atoms with Crippen LogP contribution in [-0.4, -0.2) is 33.8 Å². The normalized spacial score (nSPS) is 10.2. The highest BCUT2D eigenvalue weighted by Crippen LogP contribution is 2.27. The number of methoxy groups -OCH3 is 3. The lowest BCUT2D eigenvalue weighted by Gasteiger charge is -2.10. The summed E-state index contributed by atoms with van der Waals surface area (Å²) in [4.78, 5) is 12.2. The lowest BCUT2D eigenvalue weighted by Crippen LogP contribution is -2.25. The molecular formula is C18H20ClNO4. The Labute approximate surface area is 146 Å². The molecule has 5 nitrogen and oxygen atoms in total. The molecule has 2 aromatic rings. The standard InChI is InChI=1S/C18H20ClNO4/c1-22-15-6-4-12(10-14(15)19)8-9-20-18(21)13-5-7-16(23-2)17(11-13)24-3/h4-7,10-11H,8-9H2,1-3H3,(H,20,21). The predicted molar refractivity (Wildman–Crippen MR) is 93.6 cm³/mol. The van der Waals surface area contributed by atoms with E-state index in [1.807, 2.05) is 18.2 Å². The van der Waals surface area contributed by atoms with Crippen LogP contribution in [0.5, 0.6) is 17.2 Å². The van der Waals surface area contributed by atoms with Crippen molar-refractivity contribution >= 4 is 17.5 Å². The minimum absolute atomic E-state index is 0.171.